The van der Waals surface area contributed by atoms with E-state index in [0.717, 1.165) is 10.8 Å². The third kappa shape index (κ3) is 2.54. The van der Waals surface area contributed by atoms with Gasteiger partial charge in [0.2, 0.25) is 5.43 Å². The summed E-state index contributed by atoms with van der Waals surface area (Å²) in [5, 5.41) is 4.85. The summed E-state index contributed by atoms with van der Waals surface area (Å²) < 4.78 is 15.5. The number of fused-ring (bicyclic) bond motifs is 2. The predicted molar refractivity (Wildman–Crippen MR) is 101 cm³/mol. The normalized spacial score (nSPS) is 11.0. The summed E-state index contributed by atoms with van der Waals surface area (Å²) in [6, 6.07) is 17.5. The van der Waals surface area contributed by atoms with Gasteiger partial charge in [0.25, 0.3) is 5.91 Å². The van der Waals surface area contributed by atoms with Crippen LogP contribution in [0.1, 0.15) is 10.4 Å². The zero-order valence-corrected chi connectivity index (χ0v) is 14.0. The van der Waals surface area contributed by atoms with Crippen LogP contribution >= 0.6 is 0 Å². The average molecular weight is 346 g/mol. The third-order valence-corrected chi connectivity index (χ3v) is 4.43. The number of para-hydroxylation sites is 1. The molecule has 0 fully saturated rings. The first-order valence-electron chi connectivity index (χ1n) is 8.13. The molecule has 0 bridgehead atoms. The van der Waals surface area contributed by atoms with Gasteiger partial charge in [-0.2, -0.15) is 0 Å². The monoisotopic (exact) mass is 346 g/mol. The van der Waals surface area contributed by atoms with Crippen LogP contribution in [-0.4, -0.2) is 10.5 Å². The van der Waals surface area contributed by atoms with Gasteiger partial charge in [-0.15, -0.1) is 0 Å². The molecule has 0 aliphatic rings. The van der Waals surface area contributed by atoms with E-state index in [9.17, 15) is 14.0 Å². The summed E-state index contributed by atoms with van der Waals surface area (Å²) >= 11 is 0. The molecule has 5 heteroatoms. The fraction of sp³-hybridized carbons (Fsp3) is 0.0476. The zero-order valence-electron chi connectivity index (χ0n) is 14.0. The molecule has 0 saturated carbocycles. The zero-order chi connectivity index (χ0) is 18.3. The Morgan fingerprint density at radius 2 is 1.65 bits per heavy atom. The number of pyridine rings is 1. The summed E-state index contributed by atoms with van der Waals surface area (Å²) in [5.74, 6) is -1.02. The molecule has 128 valence electrons. The number of halogens is 1. The number of hydrogen-bond donors (Lipinski definition) is 1. The molecule has 0 aliphatic heterocycles. The molecule has 0 radical (unpaired) electrons. The Labute approximate surface area is 148 Å². The first-order valence-corrected chi connectivity index (χ1v) is 8.13. The Kier molecular flexibility index (Phi) is 3.77. The van der Waals surface area contributed by atoms with Crippen LogP contribution in [0, 0.1) is 5.82 Å². The highest BCUT2D eigenvalue weighted by Gasteiger charge is 2.17. The molecule has 0 spiro atoms. The van der Waals surface area contributed by atoms with E-state index in [2.05, 4.69) is 5.32 Å². The van der Waals surface area contributed by atoms with Crippen LogP contribution < -0.4 is 10.7 Å². The fourth-order valence-corrected chi connectivity index (χ4v) is 3.20. The lowest BCUT2D eigenvalue weighted by atomic mass is 10.1. The Balaban J connectivity index is 1.82. The standard InChI is InChI=1S/C21H15FN2O2/c1-24-12-16(20(25)15-9-5-10-17(22)19(15)24)21(26)23-18-11-4-7-13-6-2-3-8-14(13)18/h2-12H,1H3,(H,23,26). The van der Waals surface area contributed by atoms with E-state index >= 15 is 0 Å². The first kappa shape index (κ1) is 16.0. The highest BCUT2D eigenvalue weighted by atomic mass is 19.1. The van der Waals surface area contributed by atoms with Gasteiger partial charge < -0.3 is 9.88 Å². The summed E-state index contributed by atoms with van der Waals surface area (Å²) in [6.45, 7) is 0. The highest BCUT2D eigenvalue weighted by Crippen LogP contribution is 2.23. The Bertz CT molecular complexity index is 1220. The SMILES string of the molecule is Cn1cc(C(=O)Nc2cccc3ccccc23)c(=O)c2cccc(F)c21. The number of hydrogen-bond acceptors (Lipinski definition) is 2. The second-order valence-electron chi connectivity index (χ2n) is 6.10. The molecule has 26 heavy (non-hydrogen) atoms. The molecule has 4 rings (SSSR count). The van der Waals surface area contributed by atoms with Crippen LogP contribution in [0.5, 0.6) is 0 Å². The number of carbonyl (C=O) groups excluding carboxylic acids is 1. The molecule has 1 amide bonds. The van der Waals surface area contributed by atoms with Crippen molar-refractivity contribution in [3.8, 4) is 0 Å². The van der Waals surface area contributed by atoms with Crippen molar-refractivity contribution in [3.63, 3.8) is 0 Å². The minimum absolute atomic E-state index is 0.0291. The number of nitrogens with zero attached hydrogens (tertiary/aromatic N) is 1. The van der Waals surface area contributed by atoms with Gasteiger partial charge in [-0.3, -0.25) is 9.59 Å². The van der Waals surface area contributed by atoms with Crippen LogP contribution in [0.3, 0.4) is 0 Å². The van der Waals surface area contributed by atoms with Gasteiger partial charge in [0.15, 0.2) is 0 Å². The smallest absolute Gasteiger partial charge is 0.261 e. The van der Waals surface area contributed by atoms with Crippen molar-refractivity contribution < 1.29 is 9.18 Å². The third-order valence-electron chi connectivity index (χ3n) is 4.43. The summed E-state index contributed by atoms with van der Waals surface area (Å²) in [7, 11) is 1.61. The van der Waals surface area contributed by atoms with Crippen molar-refractivity contribution in [2.24, 2.45) is 7.05 Å². The number of rotatable bonds is 2. The van der Waals surface area contributed by atoms with Crippen LogP contribution in [0.2, 0.25) is 0 Å². The van der Waals surface area contributed by atoms with E-state index in [0.29, 0.717) is 5.69 Å². The van der Waals surface area contributed by atoms with Crippen LogP contribution in [-0.2, 0) is 7.05 Å². The Morgan fingerprint density at radius 3 is 2.50 bits per heavy atom. The van der Waals surface area contributed by atoms with E-state index in [1.54, 1.807) is 13.1 Å². The van der Waals surface area contributed by atoms with Crippen LogP contribution in [0.4, 0.5) is 10.1 Å². The highest BCUT2D eigenvalue weighted by molar-refractivity contribution is 6.10. The molecule has 4 nitrogen and oxygen atoms in total. The van der Waals surface area contributed by atoms with E-state index in [1.165, 1.54) is 29.0 Å². The number of aryl methyl sites for hydroxylation is 1. The summed E-state index contributed by atoms with van der Waals surface area (Å²) in [6.07, 6.45) is 1.37. The molecule has 4 aromatic rings. The van der Waals surface area contributed by atoms with Crippen LogP contribution in [0.15, 0.2) is 71.7 Å². The largest absolute Gasteiger partial charge is 0.347 e. The quantitative estimate of drug-likeness (QED) is 0.594. The van der Waals surface area contributed by atoms with Gasteiger partial charge in [-0.1, -0.05) is 42.5 Å². The molecule has 0 atom stereocenters. The molecule has 1 N–H and O–H groups in total. The summed E-state index contributed by atoms with van der Waals surface area (Å²) in [5.41, 5.74) is 0.280. The van der Waals surface area contributed by atoms with Crippen molar-refractivity contribution in [3.05, 3.63) is 88.5 Å². The summed E-state index contributed by atoms with van der Waals surface area (Å²) in [4.78, 5) is 25.4. The molecular weight excluding hydrogens is 331 g/mol. The van der Waals surface area contributed by atoms with Gasteiger partial charge in [-0.25, -0.2) is 4.39 Å². The Morgan fingerprint density at radius 1 is 0.962 bits per heavy atom. The topological polar surface area (TPSA) is 51.1 Å². The van der Waals surface area contributed by atoms with E-state index in [1.807, 2.05) is 36.4 Å². The maximum atomic E-state index is 14.0. The second-order valence-corrected chi connectivity index (χ2v) is 6.10. The molecule has 0 saturated heterocycles. The fourth-order valence-electron chi connectivity index (χ4n) is 3.20. The number of nitrogens with one attached hydrogen (secondary N) is 1. The number of anilines is 1. The Hall–Kier alpha value is -3.47. The maximum absolute atomic E-state index is 14.0. The molecule has 3 aromatic carbocycles. The molecule has 0 aliphatic carbocycles. The van der Waals surface area contributed by atoms with Gasteiger partial charge in [0.05, 0.1) is 5.52 Å². The molecule has 1 heterocycles. The lowest BCUT2D eigenvalue weighted by Crippen LogP contribution is -2.23. The van der Waals surface area contributed by atoms with Crippen molar-refractivity contribution in [1.29, 1.82) is 0 Å². The van der Waals surface area contributed by atoms with Crippen molar-refractivity contribution >= 4 is 33.3 Å². The average Bonchev–Trinajstić information content (AvgIpc) is 2.64. The number of amides is 1. The van der Waals surface area contributed by atoms with E-state index < -0.39 is 17.2 Å². The van der Waals surface area contributed by atoms with Crippen LogP contribution in [0.25, 0.3) is 21.7 Å². The maximum Gasteiger partial charge on any atom is 0.261 e. The van der Waals surface area contributed by atoms with Crippen molar-refractivity contribution in [2.45, 2.75) is 0 Å². The molecule has 1 aromatic heterocycles. The van der Waals surface area contributed by atoms with Gasteiger partial charge in [0.1, 0.15) is 11.4 Å². The van der Waals surface area contributed by atoms with E-state index in [4.69, 9.17) is 0 Å². The lowest BCUT2D eigenvalue weighted by Gasteiger charge is -2.11. The molecule has 0 unspecified atom stereocenters. The number of benzene rings is 3. The number of aromatic nitrogens is 1. The first-order chi connectivity index (χ1) is 12.6. The lowest BCUT2D eigenvalue weighted by molar-refractivity contribution is 0.102. The number of carbonyl (C=O) groups is 1. The van der Waals surface area contributed by atoms with Gasteiger partial charge in [-0.05, 0) is 23.6 Å². The van der Waals surface area contributed by atoms with Crippen molar-refractivity contribution in [2.75, 3.05) is 5.32 Å². The minimum atomic E-state index is -0.520. The van der Waals surface area contributed by atoms with Gasteiger partial charge >= 0.3 is 0 Å². The van der Waals surface area contributed by atoms with Crippen molar-refractivity contribution in [1.82, 2.24) is 4.57 Å². The van der Waals surface area contributed by atoms with E-state index in [-0.39, 0.29) is 16.5 Å². The second kappa shape index (κ2) is 6.11. The molecular formula is C21H15FN2O2. The predicted octanol–water partition coefficient (Wildman–Crippen LogP) is 4.08. The van der Waals surface area contributed by atoms with Gasteiger partial charge in [0, 0.05) is 29.7 Å². The minimum Gasteiger partial charge on any atom is -0.347 e.